The molecule has 0 aliphatic carbocycles. The molecule has 1 heterocycles. The van der Waals surface area contributed by atoms with Gasteiger partial charge in [-0.25, -0.2) is 0 Å². The SMILES string of the molecule is NC(=O)C1=C(O)CCNC1=O. The Balaban J connectivity index is 3.01. The number of primary amides is 1. The second-order valence-electron chi connectivity index (χ2n) is 2.19. The van der Waals surface area contributed by atoms with Crippen molar-refractivity contribution in [2.45, 2.75) is 6.42 Å². The Hall–Kier alpha value is -1.52. The quantitative estimate of drug-likeness (QED) is 0.416. The molecule has 0 atom stereocenters. The van der Waals surface area contributed by atoms with E-state index in [0.717, 1.165) is 0 Å². The van der Waals surface area contributed by atoms with Crippen molar-refractivity contribution in [3.8, 4) is 0 Å². The predicted octanol–water partition coefficient (Wildman–Crippen LogP) is -1.20. The summed E-state index contributed by atoms with van der Waals surface area (Å²) < 4.78 is 0. The molecule has 0 aromatic heterocycles. The molecule has 0 aromatic rings. The van der Waals surface area contributed by atoms with Crippen LogP contribution in [0.2, 0.25) is 0 Å². The van der Waals surface area contributed by atoms with Crippen molar-refractivity contribution in [2.75, 3.05) is 6.54 Å². The molecular weight excluding hydrogens is 148 g/mol. The smallest absolute Gasteiger partial charge is 0.260 e. The third-order valence-corrected chi connectivity index (χ3v) is 1.41. The maximum absolute atomic E-state index is 10.8. The Morgan fingerprint density at radius 2 is 2.27 bits per heavy atom. The highest BCUT2D eigenvalue weighted by Gasteiger charge is 2.23. The monoisotopic (exact) mass is 156 g/mol. The minimum Gasteiger partial charge on any atom is -0.511 e. The molecule has 11 heavy (non-hydrogen) atoms. The van der Waals surface area contributed by atoms with Gasteiger partial charge >= 0.3 is 0 Å². The summed E-state index contributed by atoms with van der Waals surface area (Å²) in [6.07, 6.45) is 0.268. The normalized spacial score (nSPS) is 18.0. The first-order chi connectivity index (χ1) is 5.13. The van der Waals surface area contributed by atoms with Gasteiger partial charge < -0.3 is 16.2 Å². The molecule has 0 aromatic carbocycles. The first-order valence-electron chi connectivity index (χ1n) is 3.13. The van der Waals surface area contributed by atoms with Crippen molar-refractivity contribution in [3.63, 3.8) is 0 Å². The fourth-order valence-electron chi connectivity index (χ4n) is 0.893. The summed E-state index contributed by atoms with van der Waals surface area (Å²) >= 11 is 0. The molecule has 1 aliphatic heterocycles. The van der Waals surface area contributed by atoms with Gasteiger partial charge in [0.2, 0.25) is 0 Å². The van der Waals surface area contributed by atoms with Crippen molar-refractivity contribution >= 4 is 11.8 Å². The zero-order valence-corrected chi connectivity index (χ0v) is 5.76. The van der Waals surface area contributed by atoms with E-state index in [1.807, 2.05) is 0 Å². The van der Waals surface area contributed by atoms with E-state index >= 15 is 0 Å². The van der Waals surface area contributed by atoms with Gasteiger partial charge in [0.15, 0.2) is 0 Å². The standard InChI is InChI=1S/C6H8N2O3/c7-5(10)4-3(9)1-2-8-6(4)11/h9H,1-2H2,(H2,7,10)(H,8,11). The van der Waals surface area contributed by atoms with E-state index in [-0.39, 0.29) is 17.8 Å². The van der Waals surface area contributed by atoms with E-state index in [0.29, 0.717) is 6.54 Å². The van der Waals surface area contributed by atoms with Crippen molar-refractivity contribution < 1.29 is 14.7 Å². The maximum atomic E-state index is 10.8. The lowest BCUT2D eigenvalue weighted by molar-refractivity contribution is -0.122. The molecule has 4 N–H and O–H groups in total. The molecule has 0 unspecified atom stereocenters. The number of nitrogens with one attached hydrogen (secondary N) is 1. The van der Waals surface area contributed by atoms with Gasteiger partial charge in [-0.15, -0.1) is 0 Å². The number of rotatable bonds is 1. The maximum Gasteiger partial charge on any atom is 0.260 e. The highest BCUT2D eigenvalue weighted by atomic mass is 16.3. The summed E-state index contributed by atoms with van der Waals surface area (Å²) in [5.74, 6) is -1.71. The molecular formula is C6H8N2O3. The average molecular weight is 156 g/mol. The summed E-state index contributed by atoms with van der Waals surface area (Å²) in [5, 5.41) is 11.4. The first kappa shape index (κ1) is 7.59. The van der Waals surface area contributed by atoms with Crippen molar-refractivity contribution in [1.82, 2.24) is 5.32 Å². The van der Waals surface area contributed by atoms with Gasteiger partial charge in [0.25, 0.3) is 11.8 Å². The Kier molecular flexibility index (Phi) is 1.80. The van der Waals surface area contributed by atoms with Gasteiger partial charge in [0.1, 0.15) is 11.3 Å². The van der Waals surface area contributed by atoms with Crippen LogP contribution >= 0.6 is 0 Å². The molecule has 0 fully saturated rings. The Morgan fingerprint density at radius 3 is 2.64 bits per heavy atom. The van der Waals surface area contributed by atoms with Crippen LogP contribution in [-0.4, -0.2) is 23.5 Å². The molecule has 1 aliphatic rings. The third-order valence-electron chi connectivity index (χ3n) is 1.41. The second-order valence-corrected chi connectivity index (χ2v) is 2.19. The topological polar surface area (TPSA) is 92.4 Å². The average Bonchev–Trinajstić information content (AvgIpc) is 1.85. The summed E-state index contributed by atoms with van der Waals surface area (Å²) in [5.41, 5.74) is 4.51. The molecule has 5 heteroatoms. The van der Waals surface area contributed by atoms with E-state index in [1.165, 1.54) is 0 Å². The lowest BCUT2D eigenvalue weighted by Crippen LogP contribution is -2.37. The molecule has 5 nitrogen and oxygen atoms in total. The zero-order chi connectivity index (χ0) is 8.43. The number of nitrogens with two attached hydrogens (primary N) is 1. The Labute approximate surface area is 62.9 Å². The van der Waals surface area contributed by atoms with E-state index in [2.05, 4.69) is 5.32 Å². The van der Waals surface area contributed by atoms with Crippen molar-refractivity contribution in [1.29, 1.82) is 0 Å². The van der Waals surface area contributed by atoms with Crippen LogP contribution in [0.15, 0.2) is 11.3 Å². The summed E-state index contributed by atoms with van der Waals surface area (Å²) in [4.78, 5) is 21.3. The molecule has 0 spiro atoms. The van der Waals surface area contributed by atoms with E-state index < -0.39 is 11.8 Å². The number of aliphatic hydroxyl groups excluding tert-OH is 1. The number of hydrogen-bond donors (Lipinski definition) is 3. The fourth-order valence-corrected chi connectivity index (χ4v) is 0.893. The van der Waals surface area contributed by atoms with E-state index in [9.17, 15) is 9.59 Å². The summed E-state index contributed by atoms with van der Waals surface area (Å²) in [6.45, 7) is 0.349. The van der Waals surface area contributed by atoms with Crippen LogP contribution in [0.4, 0.5) is 0 Å². The van der Waals surface area contributed by atoms with Crippen LogP contribution in [-0.2, 0) is 9.59 Å². The highest BCUT2D eigenvalue weighted by Crippen LogP contribution is 2.09. The molecule has 2 amide bonds. The Morgan fingerprint density at radius 1 is 1.64 bits per heavy atom. The number of carbonyl (C=O) groups is 2. The first-order valence-corrected chi connectivity index (χ1v) is 3.13. The molecule has 1 rings (SSSR count). The highest BCUT2D eigenvalue weighted by molar-refractivity contribution is 6.18. The van der Waals surface area contributed by atoms with Gasteiger partial charge in [-0.2, -0.15) is 0 Å². The van der Waals surface area contributed by atoms with Crippen LogP contribution in [0.5, 0.6) is 0 Å². The predicted molar refractivity (Wildman–Crippen MR) is 36.5 cm³/mol. The zero-order valence-electron chi connectivity index (χ0n) is 5.76. The van der Waals surface area contributed by atoms with Crippen LogP contribution < -0.4 is 11.1 Å². The van der Waals surface area contributed by atoms with E-state index in [1.54, 1.807) is 0 Å². The van der Waals surface area contributed by atoms with Gasteiger partial charge in [0, 0.05) is 13.0 Å². The van der Waals surface area contributed by atoms with Gasteiger partial charge in [-0.05, 0) is 0 Å². The van der Waals surface area contributed by atoms with Crippen molar-refractivity contribution in [3.05, 3.63) is 11.3 Å². The minimum atomic E-state index is -0.889. The van der Waals surface area contributed by atoms with E-state index in [4.69, 9.17) is 10.8 Å². The summed E-state index contributed by atoms with van der Waals surface area (Å²) in [7, 11) is 0. The lowest BCUT2D eigenvalue weighted by atomic mass is 10.1. The molecule has 0 radical (unpaired) electrons. The molecule has 0 bridgehead atoms. The van der Waals surface area contributed by atoms with Crippen LogP contribution in [0, 0.1) is 0 Å². The number of amides is 2. The summed E-state index contributed by atoms with van der Waals surface area (Å²) in [6, 6.07) is 0. The molecule has 0 saturated carbocycles. The van der Waals surface area contributed by atoms with Crippen molar-refractivity contribution in [2.24, 2.45) is 5.73 Å². The number of hydrogen-bond acceptors (Lipinski definition) is 3. The van der Waals surface area contributed by atoms with Crippen LogP contribution in [0.25, 0.3) is 0 Å². The third kappa shape index (κ3) is 1.31. The Bertz CT molecular complexity index is 244. The molecule has 0 saturated heterocycles. The second kappa shape index (κ2) is 2.61. The van der Waals surface area contributed by atoms with Crippen LogP contribution in [0.3, 0.4) is 0 Å². The largest absolute Gasteiger partial charge is 0.511 e. The van der Waals surface area contributed by atoms with Crippen LogP contribution in [0.1, 0.15) is 6.42 Å². The lowest BCUT2D eigenvalue weighted by Gasteiger charge is -2.13. The minimum absolute atomic E-state index is 0.221. The van der Waals surface area contributed by atoms with Gasteiger partial charge in [-0.1, -0.05) is 0 Å². The molecule has 60 valence electrons. The van der Waals surface area contributed by atoms with Gasteiger partial charge in [-0.3, -0.25) is 9.59 Å². The van der Waals surface area contributed by atoms with Gasteiger partial charge in [0.05, 0.1) is 0 Å². The number of aliphatic hydroxyl groups is 1. The fraction of sp³-hybridized carbons (Fsp3) is 0.333. The number of carbonyl (C=O) groups excluding carboxylic acids is 2.